The van der Waals surface area contributed by atoms with Crippen molar-refractivity contribution in [2.75, 3.05) is 19.4 Å². The number of hydrogen-bond acceptors (Lipinski definition) is 8. The number of carbonyl (C=O) groups excluding carboxylic acids is 1. The quantitative estimate of drug-likeness (QED) is 0.508. The minimum absolute atomic E-state index is 0.127. The van der Waals surface area contributed by atoms with E-state index in [1.54, 1.807) is 6.07 Å². The summed E-state index contributed by atoms with van der Waals surface area (Å²) in [5, 5.41) is 13.4. The van der Waals surface area contributed by atoms with E-state index in [2.05, 4.69) is 10.3 Å². The number of carbonyl (C=O) groups is 1. The number of sulfonamides is 1. The third-order valence-electron chi connectivity index (χ3n) is 3.35. The molecule has 0 aliphatic rings. The van der Waals surface area contributed by atoms with Gasteiger partial charge in [0, 0.05) is 20.2 Å². The van der Waals surface area contributed by atoms with Crippen LogP contribution in [0, 0.1) is 10.1 Å². The third-order valence-corrected chi connectivity index (χ3v) is 7.13. The van der Waals surface area contributed by atoms with Gasteiger partial charge in [0.25, 0.3) is 5.91 Å². The Bertz CT molecular complexity index is 1120. The van der Waals surface area contributed by atoms with E-state index in [-0.39, 0.29) is 19.9 Å². The first-order valence-corrected chi connectivity index (χ1v) is 10.1. The summed E-state index contributed by atoms with van der Waals surface area (Å²) in [4.78, 5) is 26.9. The SMILES string of the molecule is CN(C)S(=O)(=O)c1ccc2nc(NC(=O)c3ccc([N+](=O)[O-])s3)sc2c1. The van der Waals surface area contributed by atoms with Crippen molar-refractivity contribution in [3.63, 3.8) is 0 Å². The molecule has 0 spiro atoms. The summed E-state index contributed by atoms with van der Waals surface area (Å²) in [6.07, 6.45) is 0. The lowest BCUT2D eigenvalue weighted by atomic mass is 10.3. The van der Waals surface area contributed by atoms with E-state index in [0.717, 1.165) is 27.0 Å². The van der Waals surface area contributed by atoms with Crippen LogP contribution in [-0.2, 0) is 10.0 Å². The number of thiazole rings is 1. The average molecular weight is 412 g/mol. The molecule has 0 aliphatic carbocycles. The van der Waals surface area contributed by atoms with Gasteiger partial charge in [0.05, 0.1) is 24.9 Å². The molecule has 3 aromatic rings. The summed E-state index contributed by atoms with van der Waals surface area (Å²) in [6, 6.07) is 7.14. The van der Waals surface area contributed by atoms with Crippen molar-refractivity contribution in [1.29, 1.82) is 0 Å². The lowest BCUT2D eigenvalue weighted by molar-refractivity contribution is -0.380. The number of fused-ring (bicyclic) bond motifs is 1. The molecule has 0 aliphatic heterocycles. The summed E-state index contributed by atoms with van der Waals surface area (Å²) >= 11 is 1.89. The molecule has 2 aromatic heterocycles. The van der Waals surface area contributed by atoms with E-state index in [0.29, 0.717) is 10.2 Å². The highest BCUT2D eigenvalue weighted by Crippen LogP contribution is 2.30. The van der Waals surface area contributed by atoms with E-state index in [1.807, 2.05) is 0 Å². The molecular formula is C14H12N4O5S3. The van der Waals surface area contributed by atoms with Crippen LogP contribution in [-0.4, -0.2) is 42.6 Å². The first-order valence-electron chi connectivity index (χ1n) is 7.07. The summed E-state index contributed by atoms with van der Waals surface area (Å²) in [5.41, 5.74) is 0.542. The normalized spacial score (nSPS) is 11.8. The maximum atomic E-state index is 12.2. The largest absolute Gasteiger partial charge is 0.324 e. The Morgan fingerprint density at radius 1 is 1.23 bits per heavy atom. The van der Waals surface area contributed by atoms with Crippen molar-refractivity contribution in [2.24, 2.45) is 0 Å². The Hall–Kier alpha value is -2.41. The van der Waals surface area contributed by atoms with Gasteiger partial charge in [-0.3, -0.25) is 20.2 Å². The second-order valence-corrected chi connectivity index (χ2v) is 9.53. The van der Waals surface area contributed by atoms with Gasteiger partial charge in [0.1, 0.15) is 0 Å². The molecule has 1 N–H and O–H groups in total. The summed E-state index contributed by atoms with van der Waals surface area (Å²) in [7, 11) is -0.683. The predicted octanol–water partition coefficient (Wildman–Crippen LogP) is 2.77. The molecule has 0 radical (unpaired) electrons. The van der Waals surface area contributed by atoms with Crippen LogP contribution in [0.25, 0.3) is 10.2 Å². The number of nitrogens with zero attached hydrogens (tertiary/aromatic N) is 3. The van der Waals surface area contributed by atoms with Crippen LogP contribution in [0.5, 0.6) is 0 Å². The molecular weight excluding hydrogens is 400 g/mol. The Labute approximate surface area is 156 Å². The molecule has 1 aromatic carbocycles. The van der Waals surface area contributed by atoms with Crippen molar-refractivity contribution >= 4 is 59.0 Å². The van der Waals surface area contributed by atoms with Crippen LogP contribution in [0.2, 0.25) is 0 Å². The molecule has 0 unspecified atom stereocenters. The number of nitrogens with one attached hydrogen (secondary N) is 1. The smallest absolute Gasteiger partial charge is 0.297 e. The zero-order valence-electron chi connectivity index (χ0n) is 13.5. The predicted molar refractivity (Wildman–Crippen MR) is 99.4 cm³/mol. The summed E-state index contributed by atoms with van der Waals surface area (Å²) < 4.78 is 26.1. The zero-order valence-corrected chi connectivity index (χ0v) is 15.9. The van der Waals surface area contributed by atoms with Crippen molar-refractivity contribution in [3.05, 3.63) is 45.3 Å². The fourth-order valence-electron chi connectivity index (χ4n) is 2.04. The van der Waals surface area contributed by atoms with Crippen LogP contribution in [0.15, 0.2) is 35.2 Å². The van der Waals surface area contributed by atoms with Gasteiger partial charge in [-0.1, -0.05) is 22.7 Å². The van der Waals surface area contributed by atoms with Crippen LogP contribution < -0.4 is 5.32 Å². The molecule has 3 rings (SSSR count). The molecule has 26 heavy (non-hydrogen) atoms. The number of rotatable bonds is 5. The maximum Gasteiger partial charge on any atom is 0.324 e. The van der Waals surface area contributed by atoms with Crippen LogP contribution >= 0.6 is 22.7 Å². The van der Waals surface area contributed by atoms with Gasteiger partial charge in [-0.15, -0.1) is 0 Å². The number of amides is 1. The Kier molecular flexibility index (Phi) is 4.75. The van der Waals surface area contributed by atoms with Gasteiger partial charge >= 0.3 is 5.00 Å². The van der Waals surface area contributed by atoms with Crippen molar-refractivity contribution in [2.45, 2.75) is 4.90 Å². The maximum absolute atomic E-state index is 12.2. The number of benzene rings is 1. The van der Waals surface area contributed by atoms with Gasteiger partial charge in [0.2, 0.25) is 10.0 Å². The van der Waals surface area contributed by atoms with E-state index < -0.39 is 20.9 Å². The molecule has 0 saturated carbocycles. The number of anilines is 1. The molecule has 9 nitrogen and oxygen atoms in total. The zero-order chi connectivity index (χ0) is 19.1. The number of thiophene rings is 1. The lowest BCUT2D eigenvalue weighted by Crippen LogP contribution is -2.22. The topological polar surface area (TPSA) is 123 Å². The molecule has 2 heterocycles. The van der Waals surface area contributed by atoms with E-state index in [9.17, 15) is 23.3 Å². The van der Waals surface area contributed by atoms with E-state index >= 15 is 0 Å². The minimum atomic E-state index is -3.57. The van der Waals surface area contributed by atoms with Crippen molar-refractivity contribution in [1.82, 2.24) is 9.29 Å². The van der Waals surface area contributed by atoms with Crippen LogP contribution in [0.3, 0.4) is 0 Å². The first kappa shape index (κ1) is 18.4. The lowest BCUT2D eigenvalue weighted by Gasteiger charge is -2.10. The van der Waals surface area contributed by atoms with E-state index in [4.69, 9.17) is 0 Å². The van der Waals surface area contributed by atoms with Crippen LogP contribution in [0.1, 0.15) is 9.67 Å². The molecule has 0 atom stereocenters. The monoisotopic (exact) mass is 412 g/mol. The van der Waals surface area contributed by atoms with Gasteiger partial charge in [-0.05, 0) is 24.3 Å². The van der Waals surface area contributed by atoms with Crippen molar-refractivity contribution < 1.29 is 18.1 Å². The molecule has 0 fully saturated rings. The third kappa shape index (κ3) is 3.44. The number of nitro groups is 1. The van der Waals surface area contributed by atoms with Gasteiger partial charge in [-0.25, -0.2) is 17.7 Å². The molecule has 12 heteroatoms. The fourth-order valence-corrected chi connectivity index (χ4v) is 4.66. The second kappa shape index (κ2) is 6.72. The molecule has 0 saturated heterocycles. The summed E-state index contributed by atoms with van der Waals surface area (Å²) in [5.74, 6) is -0.511. The summed E-state index contributed by atoms with van der Waals surface area (Å²) in [6.45, 7) is 0. The van der Waals surface area contributed by atoms with Gasteiger partial charge < -0.3 is 0 Å². The van der Waals surface area contributed by atoms with Gasteiger partial charge in [0.15, 0.2) is 5.13 Å². The fraction of sp³-hybridized carbons (Fsp3) is 0.143. The van der Waals surface area contributed by atoms with Crippen molar-refractivity contribution in [3.8, 4) is 0 Å². The highest BCUT2D eigenvalue weighted by Gasteiger charge is 2.20. The Morgan fingerprint density at radius 3 is 2.58 bits per heavy atom. The number of aromatic nitrogens is 1. The number of hydrogen-bond donors (Lipinski definition) is 1. The molecule has 1 amide bonds. The van der Waals surface area contributed by atoms with Crippen LogP contribution in [0.4, 0.5) is 10.1 Å². The minimum Gasteiger partial charge on any atom is -0.297 e. The molecule has 136 valence electrons. The first-order chi connectivity index (χ1) is 12.2. The van der Waals surface area contributed by atoms with E-state index in [1.165, 1.54) is 38.4 Å². The average Bonchev–Trinajstić information content (AvgIpc) is 3.20. The Morgan fingerprint density at radius 2 is 1.96 bits per heavy atom. The highest BCUT2D eigenvalue weighted by atomic mass is 32.2. The molecule has 0 bridgehead atoms. The Balaban J connectivity index is 1.87. The standard InChI is InChI=1S/C14H12N4O5S3/c1-17(2)26(22,23)8-3-4-9-11(7-8)25-14(15-9)16-13(19)10-5-6-12(24-10)18(20)21/h3-7H,1-2H3,(H,15,16,19). The van der Waals surface area contributed by atoms with Gasteiger partial charge in [-0.2, -0.15) is 0 Å². The second-order valence-electron chi connectivity index (χ2n) is 5.29. The highest BCUT2D eigenvalue weighted by molar-refractivity contribution is 7.89.